The lowest BCUT2D eigenvalue weighted by molar-refractivity contribution is -0.124. The second kappa shape index (κ2) is 12.0. The monoisotopic (exact) mass is 551 g/mol. The number of benzene rings is 3. The number of rotatable bonds is 8. The summed E-state index contributed by atoms with van der Waals surface area (Å²) >= 11 is 24.1. The van der Waals surface area contributed by atoms with Gasteiger partial charge in [-0.2, -0.15) is 10.2 Å². The number of carbonyl (C=O) groups excluding carboxylic acids is 3. The van der Waals surface area contributed by atoms with Crippen LogP contribution in [0.25, 0.3) is 0 Å². The number of carbonyl (C=O) groups is 3. The minimum Gasteiger partial charge on any atom is -0.399 e. The number of amides is 2. The summed E-state index contributed by atoms with van der Waals surface area (Å²) in [5.41, 5.74) is 7.31. The maximum atomic E-state index is 12.6. The molecular formula is C23H17Cl4N5O3. The van der Waals surface area contributed by atoms with Crippen LogP contribution in [0.15, 0.2) is 64.8 Å². The van der Waals surface area contributed by atoms with Crippen molar-refractivity contribution in [1.29, 1.82) is 0 Å². The molecule has 0 saturated carbocycles. The van der Waals surface area contributed by atoms with Crippen LogP contribution in [0.4, 0.5) is 22.7 Å². The van der Waals surface area contributed by atoms with Gasteiger partial charge in [0.2, 0.25) is 5.91 Å². The van der Waals surface area contributed by atoms with Gasteiger partial charge < -0.3 is 16.4 Å². The van der Waals surface area contributed by atoms with Crippen molar-refractivity contribution in [1.82, 2.24) is 0 Å². The highest BCUT2D eigenvalue weighted by Crippen LogP contribution is 2.33. The van der Waals surface area contributed by atoms with E-state index < -0.39 is 17.6 Å². The summed E-state index contributed by atoms with van der Waals surface area (Å²) in [5, 5.41) is 13.8. The molecule has 0 aromatic heterocycles. The van der Waals surface area contributed by atoms with Crippen molar-refractivity contribution < 1.29 is 14.4 Å². The summed E-state index contributed by atoms with van der Waals surface area (Å²) in [4.78, 5) is 36.7. The smallest absolute Gasteiger partial charge is 0.255 e. The predicted molar refractivity (Wildman–Crippen MR) is 139 cm³/mol. The Morgan fingerprint density at radius 3 is 2.20 bits per heavy atom. The number of halogens is 4. The number of anilines is 3. The van der Waals surface area contributed by atoms with E-state index in [1.807, 2.05) is 0 Å². The molecule has 0 heterocycles. The van der Waals surface area contributed by atoms with Crippen molar-refractivity contribution >= 4 is 86.8 Å². The van der Waals surface area contributed by atoms with Gasteiger partial charge in [-0.1, -0.05) is 46.4 Å². The van der Waals surface area contributed by atoms with Crippen LogP contribution >= 0.6 is 46.4 Å². The summed E-state index contributed by atoms with van der Waals surface area (Å²) in [7, 11) is 0. The molecule has 8 nitrogen and oxygen atoms in total. The van der Waals surface area contributed by atoms with Gasteiger partial charge in [0.25, 0.3) is 5.91 Å². The van der Waals surface area contributed by atoms with Crippen LogP contribution in [-0.2, 0) is 9.59 Å². The summed E-state index contributed by atoms with van der Waals surface area (Å²) in [5.74, 6) is -1.46. The number of nitrogen functional groups attached to an aromatic ring is 1. The maximum absolute atomic E-state index is 12.6. The molecule has 35 heavy (non-hydrogen) atoms. The first-order valence-electron chi connectivity index (χ1n) is 9.92. The molecule has 0 atom stereocenters. The van der Waals surface area contributed by atoms with Crippen LogP contribution in [-0.4, -0.2) is 24.1 Å². The molecule has 0 fully saturated rings. The third-order valence-electron chi connectivity index (χ3n) is 4.44. The molecule has 4 N–H and O–H groups in total. The van der Waals surface area contributed by atoms with Gasteiger partial charge in [0.1, 0.15) is 12.2 Å². The van der Waals surface area contributed by atoms with Gasteiger partial charge in [-0.05, 0) is 54.6 Å². The van der Waals surface area contributed by atoms with Crippen LogP contribution in [0, 0.1) is 0 Å². The Hall–Kier alpha value is -3.17. The number of nitrogens with one attached hydrogen (secondary N) is 2. The van der Waals surface area contributed by atoms with E-state index in [9.17, 15) is 14.4 Å². The van der Waals surface area contributed by atoms with Gasteiger partial charge in [0.15, 0.2) is 5.78 Å². The predicted octanol–water partition coefficient (Wildman–Crippen LogP) is 6.82. The fraction of sp³-hybridized carbons (Fsp3) is 0.0870. The molecule has 3 rings (SSSR count). The number of Topliss-reactive ketones (excluding diaryl/α,β-unsaturated/α-hetero) is 1. The van der Waals surface area contributed by atoms with Crippen molar-refractivity contribution in [2.24, 2.45) is 10.2 Å². The third-order valence-corrected chi connectivity index (χ3v) is 5.80. The van der Waals surface area contributed by atoms with Gasteiger partial charge in [-0.25, -0.2) is 0 Å². The third kappa shape index (κ3) is 7.66. The number of hydrogen-bond acceptors (Lipinski definition) is 6. The molecule has 0 aliphatic rings. The van der Waals surface area contributed by atoms with Crippen molar-refractivity contribution in [2.75, 3.05) is 22.9 Å². The molecule has 0 aliphatic heterocycles. The van der Waals surface area contributed by atoms with Crippen molar-refractivity contribution in [3.8, 4) is 0 Å². The topological polar surface area (TPSA) is 126 Å². The Kier molecular flexibility index (Phi) is 9.06. The Balaban J connectivity index is 1.60. The number of nitrogens with zero attached hydrogens (tertiary/aromatic N) is 2. The molecule has 0 unspecified atom stereocenters. The molecule has 2 amide bonds. The Morgan fingerprint density at radius 1 is 0.800 bits per heavy atom. The van der Waals surface area contributed by atoms with Crippen LogP contribution in [0.2, 0.25) is 20.1 Å². The summed E-state index contributed by atoms with van der Waals surface area (Å²) in [6.07, 6.45) is -0.385. The summed E-state index contributed by atoms with van der Waals surface area (Å²) in [6.45, 7) is -0.346. The fourth-order valence-corrected chi connectivity index (χ4v) is 3.49. The lowest BCUT2D eigenvalue weighted by Gasteiger charge is -2.09. The highest BCUT2D eigenvalue weighted by Gasteiger charge is 2.14. The number of nitrogens with two attached hydrogens (primary N) is 1. The molecule has 12 heteroatoms. The lowest BCUT2D eigenvalue weighted by Crippen LogP contribution is -2.17. The van der Waals surface area contributed by atoms with Crippen molar-refractivity contribution in [3.05, 3.63) is 80.3 Å². The van der Waals surface area contributed by atoms with E-state index in [0.717, 1.165) is 0 Å². The van der Waals surface area contributed by atoms with Gasteiger partial charge in [-0.3, -0.25) is 14.4 Å². The van der Waals surface area contributed by atoms with Gasteiger partial charge in [-0.15, -0.1) is 0 Å². The normalized spacial score (nSPS) is 10.9. The Bertz CT molecular complexity index is 1310. The largest absolute Gasteiger partial charge is 0.399 e. The maximum Gasteiger partial charge on any atom is 0.255 e. The SMILES string of the molecule is Nc1ccc(NC(=O)CC(=O)CN=Nc2cc(C(=O)Nc3cc(Cl)c(Cl)cc3Cl)ccc2Cl)cc1. The molecule has 180 valence electrons. The van der Waals surface area contributed by atoms with Crippen LogP contribution in [0.1, 0.15) is 16.8 Å². The van der Waals surface area contributed by atoms with E-state index in [2.05, 4.69) is 20.9 Å². The fourth-order valence-electron chi connectivity index (χ4n) is 2.74. The first-order valence-corrected chi connectivity index (χ1v) is 11.4. The highest BCUT2D eigenvalue weighted by atomic mass is 35.5. The van der Waals surface area contributed by atoms with E-state index in [4.69, 9.17) is 52.1 Å². The van der Waals surface area contributed by atoms with E-state index >= 15 is 0 Å². The molecule has 0 spiro atoms. The second-order valence-electron chi connectivity index (χ2n) is 7.15. The Morgan fingerprint density at radius 2 is 1.49 bits per heavy atom. The average Bonchev–Trinajstić information content (AvgIpc) is 2.80. The van der Waals surface area contributed by atoms with Crippen LogP contribution < -0.4 is 16.4 Å². The summed E-state index contributed by atoms with van der Waals surface area (Å²) < 4.78 is 0. The first-order chi connectivity index (χ1) is 16.6. The quantitative estimate of drug-likeness (QED) is 0.123. The number of ketones is 1. The molecule has 0 aliphatic carbocycles. The minimum atomic E-state index is -0.506. The van der Waals surface area contributed by atoms with Crippen LogP contribution in [0.5, 0.6) is 0 Å². The van der Waals surface area contributed by atoms with E-state index in [1.165, 1.54) is 30.3 Å². The number of hydrogen-bond donors (Lipinski definition) is 3. The molecule has 0 saturated heterocycles. The molecule has 0 radical (unpaired) electrons. The van der Waals surface area contributed by atoms with Gasteiger partial charge >= 0.3 is 0 Å². The molecular weight excluding hydrogens is 536 g/mol. The minimum absolute atomic E-state index is 0.165. The zero-order valence-corrected chi connectivity index (χ0v) is 20.8. The zero-order valence-electron chi connectivity index (χ0n) is 17.8. The molecule has 3 aromatic rings. The second-order valence-corrected chi connectivity index (χ2v) is 8.78. The summed E-state index contributed by atoms with van der Waals surface area (Å²) in [6, 6.07) is 13.7. The van der Waals surface area contributed by atoms with Crippen LogP contribution in [0.3, 0.4) is 0 Å². The average molecular weight is 553 g/mol. The van der Waals surface area contributed by atoms with Gasteiger partial charge in [0, 0.05) is 16.9 Å². The van der Waals surface area contributed by atoms with Crippen molar-refractivity contribution in [3.63, 3.8) is 0 Å². The van der Waals surface area contributed by atoms with Gasteiger partial charge in [0.05, 0.1) is 32.2 Å². The first kappa shape index (κ1) is 26.4. The zero-order chi connectivity index (χ0) is 25.5. The van der Waals surface area contributed by atoms with E-state index in [1.54, 1.807) is 24.3 Å². The number of azo groups is 1. The van der Waals surface area contributed by atoms with E-state index in [0.29, 0.717) is 11.4 Å². The highest BCUT2D eigenvalue weighted by molar-refractivity contribution is 6.44. The lowest BCUT2D eigenvalue weighted by atomic mass is 10.2. The molecule has 0 bridgehead atoms. The molecule has 3 aromatic carbocycles. The van der Waals surface area contributed by atoms with Crippen molar-refractivity contribution in [2.45, 2.75) is 6.42 Å². The Labute approximate surface area is 220 Å². The van der Waals surface area contributed by atoms with E-state index in [-0.39, 0.29) is 50.0 Å². The standard InChI is InChI=1S/C23H17Cl4N5O3/c24-16-6-1-12(23(35)31-20-10-18(26)17(25)9-19(20)27)7-21(16)32-29-11-15(33)8-22(34)30-14-4-2-13(28)3-5-14/h1-7,9-10H,8,11,28H2,(H,30,34)(H,31,35).